The maximum absolute atomic E-state index is 9.70. The molecule has 0 bridgehead atoms. The fourth-order valence-electron chi connectivity index (χ4n) is 1.13. The van der Waals surface area contributed by atoms with Crippen molar-refractivity contribution in [1.82, 2.24) is 9.78 Å². The van der Waals surface area contributed by atoms with Gasteiger partial charge in [0.1, 0.15) is 6.10 Å². The first-order chi connectivity index (χ1) is 6.13. The van der Waals surface area contributed by atoms with Gasteiger partial charge in [-0.3, -0.25) is 4.68 Å². The second kappa shape index (κ2) is 4.23. The Morgan fingerprint density at radius 2 is 2.46 bits per heavy atom. The lowest BCUT2D eigenvalue weighted by Gasteiger charge is -2.08. The lowest BCUT2D eigenvalue weighted by molar-refractivity contribution is 0.172. The highest BCUT2D eigenvalue weighted by atomic mass is 16.3. The highest BCUT2D eigenvalue weighted by molar-refractivity contribution is 5.07. The van der Waals surface area contributed by atoms with Crippen molar-refractivity contribution < 1.29 is 5.11 Å². The van der Waals surface area contributed by atoms with Gasteiger partial charge in [-0.15, -0.1) is 0 Å². The second-order valence-corrected chi connectivity index (χ2v) is 3.24. The Kier molecular flexibility index (Phi) is 3.25. The van der Waals surface area contributed by atoms with Crippen molar-refractivity contribution in [3.63, 3.8) is 0 Å². The largest absolute Gasteiger partial charge is 0.386 e. The molecule has 13 heavy (non-hydrogen) atoms. The zero-order valence-electron chi connectivity index (χ0n) is 8.20. The average molecular weight is 180 g/mol. The minimum atomic E-state index is -0.506. The van der Waals surface area contributed by atoms with Crippen LogP contribution in [0.5, 0.6) is 0 Å². The number of aryl methyl sites for hydroxylation is 1. The number of nitrogens with zero attached hydrogens (tertiary/aromatic N) is 2. The van der Waals surface area contributed by atoms with Gasteiger partial charge >= 0.3 is 0 Å². The van der Waals surface area contributed by atoms with Gasteiger partial charge in [-0.1, -0.05) is 19.1 Å². The predicted octanol–water partition coefficient (Wildman–Crippen LogP) is 1.81. The molecule has 1 aromatic heterocycles. The Labute approximate surface area is 78.7 Å². The number of aliphatic hydroxyl groups is 1. The summed E-state index contributed by atoms with van der Waals surface area (Å²) in [7, 11) is 1.84. The Morgan fingerprint density at radius 3 is 2.92 bits per heavy atom. The average Bonchev–Trinajstić information content (AvgIpc) is 2.51. The fraction of sp³-hybridized carbons (Fsp3) is 0.500. The van der Waals surface area contributed by atoms with Crippen LogP contribution in [-0.4, -0.2) is 14.9 Å². The van der Waals surface area contributed by atoms with Crippen LogP contribution >= 0.6 is 0 Å². The molecule has 1 rings (SSSR count). The molecule has 1 N–H and O–H groups in total. The van der Waals surface area contributed by atoms with Crippen molar-refractivity contribution in [2.45, 2.75) is 25.9 Å². The van der Waals surface area contributed by atoms with Crippen LogP contribution in [0.1, 0.15) is 31.6 Å². The zero-order chi connectivity index (χ0) is 9.84. The van der Waals surface area contributed by atoms with E-state index in [0.717, 1.165) is 17.7 Å². The molecule has 0 saturated carbocycles. The summed E-state index contributed by atoms with van der Waals surface area (Å²) in [6.45, 7) is 5.89. The minimum absolute atomic E-state index is 0.506. The second-order valence-electron chi connectivity index (χ2n) is 3.24. The van der Waals surface area contributed by atoms with Crippen LogP contribution in [-0.2, 0) is 7.05 Å². The van der Waals surface area contributed by atoms with Crippen LogP contribution in [0.25, 0.3) is 0 Å². The van der Waals surface area contributed by atoms with E-state index in [-0.39, 0.29) is 0 Å². The molecule has 0 spiro atoms. The number of hydrogen-bond donors (Lipinski definition) is 1. The molecule has 0 aliphatic rings. The standard InChI is InChI=1S/C10H16N2O/c1-4-8(2)7-10(13)9-5-6-12(3)11-9/h5-6,10,13H,2,4,7H2,1,3H3. The number of rotatable bonds is 4. The van der Waals surface area contributed by atoms with E-state index in [1.54, 1.807) is 4.68 Å². The smallest absolute Gasteiger partial charge is 0.101 e. The van der Waals surface area contributed by atoms with Gasteiger partial charge in [-0.2, -0.15) is 5.10 Å². The summed E-state index contributed by atoms with van der Waals surface area (Å²) in [5.74, 6) is 0. The first kappa shape index (κ1) is 9.99. The molecule has 0 aromatic carbocycles. The van der Waals surface area contributed by atoms with E-state index in [1.165, 1.54) is 0 Å². The van der Waals surface area contributed by atoms with Gasteiger partial charge in [-0.25, -0.2) is 0 Å². The van der Waals surface area contributed by atoms with E-state index in [0.29, 0.717) is 6.42 Å². The molecular weight excluding hydrogens is 164 g/mol. The number of hydrogen-bond acceptors (Lipinski definition) is 2. The van der Waals surface area contributed by atoms with Gasteiger partial charge in [0.15, 0.2) is 0 Å². The van der Waals surface area contributed by atoms with Crippen LogP contribution in [0.3, 0.4) is 0 Å². The van der Waals surface area contributed by atoms with E-state index in [1.807, 2.05) is 26.2 Å². The van der Waals surface area contributed by atoms with E-state index < -0.39 is 6.10 Å². The van der Waals surface area contributed by atoms with Crippen molar-refractivity contribution in [1.29, 1.82) is 0 Å². The van der Waals surface area contributed by atoms with Crippen molar-refractivity contribution >= 4 is 0 Å². The summed E-state index contributed by atoms with van der Waals surface area (Å²) in [6, 6.07) is 1.83. The molecule has 0 aliphatic carbocycles. The van der Waals surface area contributed by atoms with Gasteiger partial charge < -0.3 is 5.11 Å². The molecule has 72 valence electrons. The third-order valence-electron chi connectivity index (χ3n) is 2.06. The van der Waals surface area contributed by atoms with Gasteiger partial charge in [0.2, 0.25) is 0 Å². The molecule has 0 amide bonds. The molecule has 0 radical (unpaired) electrons. The van der Waals surface area contributed by atoms with E-state index in [9.17, 15) is 5.11 Å². The Morgan fingerprint density at radius 1 is 1.77 bits per heavy atom. The van der Waals surface area contributed by atoms with Crippen LogP contribution in [0, 0.1) is 0 Å². The first-order valence-electron chi connectivity index (χ1n) is 4.47. The molecule has 3 heteroatoms. The van der Waals surface area contributed by atoms with E-state index >= 15 is 0 Å². The summed E-state index contributed by atoms with van der Waals surface area (Å²) in [5.41, 5.74) is 1.77. The van der Waals surface area contributed by atoms with Crippen LogP contribution < -0.4 is 0 Å². The molecule has 1 atom stereocenters. The summed E-state index contributed by atoms with van der Waals surface area (Å²) >= 11 is 0. The molecule has 1 unspecified atom stereocenters. The molecule has 0 aliphatic heterocycles. The molecule has 0 fully saturated rings. The topological polar surface area (TPSA) is 38.0 Å². The van der Waals surface area contributed by atoms with Crippen molar-refractivity contribution in [3.8, 4) is 0 Å². The quantitative estimate of drug-likeness (QED) is 0.717. The summed E-state index contributed by atoms with van der Waals surface area (Å²) < 4.78 is 1.69. The Balaban J connectivity index is 2.58. The van der Waals surface area contributed by atoms with Crippen LogP contribution in [0.4, 0.5) is 0 Å². The molecular formula is C10H16N2O. The van der Waals surface area contributed by atoms with Crippen molar-refractivity contribution in [2.24, 2.45) is 7.05 Å². The molecule has 3 nitrogen and oxygen atoms in total. The van der Waals surface area contributed by atoms with Crippen LogP contribution in [0.2, 0.25) is 0 Å². The highest BCUT2D eigenvalue weighted by Gasteiger charge is 2.10. The first-order valence-corrected chi connectivity index (χ1v) is 4.47. The van der Waals surface area contributed by atoms with Gasteiger partial charge in [0, 0.05) is 13.2 Å². The maximum Gasteiger partial charge on any atom is 0.101 e. The highest BCUT2D eigenvalue weighted by Crippen LogP contribution is 2.19. The Hall–Kier alpha value is -1.09. The molecule has 1 aromatic rings. The Bertz CT molecular complexity index is 291. The van der Waals surface area contributed by atoms with Gasteiger partial charge in [0.25, 0.3) is 0 Å². The molecule has 0 saturated heterocycles. The zero-order valence-corrected chi connectivity index (χ0v) is 8.20. The van der Waals surface area contributed by atoms with E-state index in [4.69, 9.17) is 0 Å². The van der Waals surface area contributed by atoms with E-state index in [2.05, 4.69) is 11.7 Å². The third kappa shape index (κ3) is 2.70. The summed E-state index contributed by atoms with van der Waals surface area (Å²) in [6.07, 6.45) is 2.83. The fourth-order valence-corrected chi connectivity index (χ4v) is 1.13. The monoisotopic (exact) mass is 180 g/mol. The maximum atomic E-state index is 9.70. The van der Waals surface area contributed by atoms with Crippen molar-refractivity contribution in [3.05, 3.63) is 30.1 Å². The minimum Gasteiger partial charge on any atom is -0.386 e. The predicted molar refractivity (Wildman–Crippen MR) is 52.2 cm³/mol. The SMILES string of the molecule is C=C(CC)CC(O)c1ccn(C)n1. The summed E-state index contributed by atoms with van der Waals surface area (Å²) in [5, 5.41) is 13.8. The normalized spacial score (nSPS) is 12.8. The lowest BCUT2D eigenvalue weighted by atomic mass is 10.1. The van der Waals surface area contributed by atoms with Gasteiger partial charge in [-0.05, 0) is 18.9 Å². The summed E-state index contributed by atoms with van der Waals surface area (Å²) in [4.78, 5) is 0. The lowest BCUT2D eigenvalue weighted by Crippen LogP contribution is -2.00. The van der Waals surface area contributed by atoms with Gasteiger partial charge in [0.05, 0.1) is 5.69 Å². The third-order valence-corrected chi connectivity index (χ3v) is 2.06. The number of aliphatic hydroxyl groups excluding tert-OH is 1. The van der Waals surface area contributed by atoms with Crippen molar-refractivity contribution in [2.75, 3.05) is 0 Å². The van der Waals surface area contributed by atoms with Crippen LogP contribution in [0.15, 0.2) is 24.4 Å². The molecule has 1 heterocycles. The number of aromatic nitrogens is 2.